The van der Waals surface area contributed by atoms with Crippen LogP contribution in [0.2, 0.25) is 0 Å². The zero-order valence-electron chi connectivity index (χ0n) is 6.87. The zero-order valence-corrected chi connectivity index (χ0v) is 11.4. The van der Waals surface area contributed by atoms with E-state index < -0.39 is 0 Å². The summed E-state index contributed by atoms with van der Waals surface area (Å²) >= 11 is 3.58. The van der Waals surface area contributed by atoms with Crippen LogP contribution in [0.3, 0.4) is 0 Å². The predicted octanol–water partition coefficient (Wildman–Crippen LogP) is 1.22. The minimum Gasteiger partial charge on any atom is -0.214 e. The maximum Gasteiger partial charge on any atom is -0.172 e. The molecule has 0 aliphatic carbocycles. The van der Waals surface area contributed by atoms with Crippen molar-refractivity contribution in [2.45, 2.75) is 0 Å². The van der Waals surface area contributed by atoms with Crippen LogP contribution >= 0.6 is 0 Å². The van der Waals surface area contributed by atoms with E-state index in [1.54, 1.807) is 0 Å². The van der Waals surface area contributed by atoms with Gasteiger partial charge in [0.15, 0.2) is 0 Å². The molecule has 69 valence electrons. The second-order valence-corrected chi connectivity index (χ2v) is 5.32. The van der Waals surface area contributed by atoms with Crippen molar-refractivity contribution in [3.05, 3.63) is 54.6 Å². The van der Waals surface area contributed by atoms with E-state index in [0.717, 1.165) is 0 Å². The minimum absolute atomic E-state index is 0. The van der Waals surface area contributed by atoms with Crippen LogP contribution in [-0.2, 0) is 17.1 Å². The molecule has 13 heavy (non-hydrogen) atoms. The van der Waals surface area contributed by atoms with E-state index in [0.29, 0.717) is 12.6 Å². The third-order valence-electron chi connectivity index (χ3n) is 1.28. The topological polar surface area (TPSA) is 0 Å². The normalized spacial score (nSPS) is 7.69. The summed E-state index contributed by atoms with van der Waals surface area (Å²) < 4.78 is 1.44. The zero-order chi connectivity index (χ0) is 8.65. The maximum absolute atomic E-state index is 3.01. The monoisotopic (exact) mass is 345 g/mol. The first-order chi connectivity index (χ1) is 5.93. The van der Waals surface area contributed by atoms with Gasteiger partial charge in [0, 0.05) is 0 Å². The fourth-order valence-electron chi connectivity index (χ4n) is 0.733. The Hall–Kier alpha value is 0.258. The van der Waals surface area contributed by atoms with E-state index in [1.165, 1.54) is 4.46 Å². The van der Waals surface area contributed by atoms with Gasteiger partial charge < -0.3 is 0 Å². The predicted molar refractivity (Wildman–Crippen MR) is 55.2 cm³/mol. The molecule has 0 fully saturated rings. The summed E-state index contributed by atoms with van der Waals surface area (Å²) in [4.78, 5) is 0. The van der Waals surface area contributed by atoms with Gasteiger partial charge in [-0.1, -0.05) is 0 Å². The summed E-state index contributed by atoms with van der Waals surface area (Å²) in [6.07, 6.45) is 0. The van der Waals surface area contributed by atoms with Gasteiger partial charge >= 0.3 is 72.0 Å². The van der Waals surface area contributed by atoms with Gasteiger partial charge in [0.1, 0.15) is 0 Å². The molecule has 0 nitrogen and oxygen atoms in total. The van der Waals surface area contributed by atoms with Crippen LogP contribution in [0.15, 0.2) is 54.6 Å². The smallest absolute Gasteiger partial charge is 0.172 e. The molecule has 3 heteroatoms. The van der Waals surface area contributed by atoms with E-state index in [1.807, 2.05) is 30.3 Å². The van der Waals surface area contributed by atoms with Crippen LogP contribution in [0.1, 0.15) is 0 Å². The standard InChI is InChI=1S/C5H4Se2.C5H5.Fe/c6-7-5-3-1-2-4-5;1-2-4-5-3-1;/h1-4H;1-5H;/q2*-1;+2. The molecule has 0 aromatic heterocycles. The van der Waals surface area contributed by atoms with Crippen molar-refractivity contribution in [1.29, 1.82) is 0 Å². The summed E-state index contributed by atoms with van der Waals surface area (Å²) in [5.74, 6) is 0. The van der Waals surface area contributed by atoms with Gasteiger partial charge in [-0.15, -0.1) is 0 Å². The van der Waals surface area contributed by atoms with Crippen LogP contribution < -0.4 is 4.46 Å². The summed E-state index contributed by atoms with van der Waals surface area (Å²) in [5.41, 5.74) is 0. The van der Waals surface area contributed by atoms with Crippen molar-refractivity contribution < 1.29 is 17.1 Å². The second-order valence-electron chi connectivity index (χ2n) is 2.17. The Balaban J connectivity index is 0.000000215. The Morgan fingerprint density at radius 1 is 1.00 bits per heavy atom. The molecule has 0 saturated carbocycles. The van der Waals surface area contributed by atoms with Gasteiger partial charge in [0.25, 0.3) is 0 Å². The molecule has 2 aromatic carbocycles. The molecule has 0 heterocycles. The minimum atomic E-state index is 0. The van der Waals surface area contributed by atoms with Crippen LogP contribution in [0.5, 0.6) is 0 Å². The van der Waals surface area contributed by atoms with Crippen molar-refractivity contribution >= 4 is 30.7 Å². The van der Waals surface area contributed by atoms with E-state index in [4.69, 9.17) is 0 Å². The quantitative estimate of drug-likeness (QED) is 0.540. The Bertz CT molecular complexity index is 267. The molecule has 0 saturated heterocycles. The van der Waals surface area contributed by atoms with Crippen molar-refractivity contribution in [3.63, 3.8) is 0 Å². The molecule has 1 radical (unpaired) electrons. The fraction of sp³-hybridized carbons (Fsp3) is 0. The molecular weight excluding hydrogens is 334 g/mol. The molecule has 0 aliphatic heterocycles. The molecule has 2 aromatic rings. The third kappa shape index (κ3) is 6.35. The van der Waals surface area contributed by atoms with Gasteiger partial charge in [-0.25, -0.2) is 12.1 Å². The fourth-order valence-corrected chi connectivity index (χ4v) is 2.51. The van der Waals surface area contributed by atoms with Gasteiger partial charge in [-0.3, -0.25) is 0 Å². The Kier molecular flexibility index (Phi) is 9.01. The Morgan fingerprint density at radius 3 is 1.77 bits per heavy atom. The van der Waals surface area contributed by atoms with Gasteiger partial charge in [0.05, 0.1) is 0 Å². The van der Waals surface area contributed by atoms with Crippen LogP contribution in [-0.4, -0.2) is 26.3 Å². The van der Waals surface area contributed by atoms with Gasteiger partial charge in [-0.2, -0.15) is 18.2 Å². The van der Waals surface area contributed by atoms with Crippen molar-refractivity contribution in [2.75, 3.05) is 0 Å². The molecule has 0 N–H and O–H groups in total. The SMILES string of the molecule is [Fe+2].[Se]=[Se][c-]1cccc1.c1cc[cH-]c1. The summed E-state index contributed by atoms with van der Waals surface area (Å²) in [5, 5.41) is 0. The molecule has 0 spiro atoms. The number of rotatable bonds is 1. The molecule has 0 amide bonds. The molecule has 0 atom stereocenters. The summed E-state index contributed by atoms with van der Waals surface area (Å²) in [6.45, 7) is 0. The molecular formula is C10H9FeSe2. The first kappa shape index (κ1) is 13.3. The van der Waals surface area contributed by atoms with E-state index in [-0.39, 0.29) is 17.1 Å². The van der Waals surface area contributed by atoms with E-state index in [9.17, 15) is 0 Å². The summed E-state index contributed by atoms with van der Waals surface area (Å²) in [7, 11) is 0. The van der Waals surface area contributed by atoms with Crippen molar-refractivity contribution in [1.82, 2.24) is 0 Å². The molecule has 2 rings (SSSR count). The molecule has 0 aliphatic rings. The number of hydrogen-bond donors (Lipinski definition) is 0. The first-order valence-corrected chi connectivity index (χ1v) is 8.80. The van der Waals surface area contributed by atoms with Gasteiger partial charge in [0.2, 0.25) is 0 Å². The van der Waals surface area contributed by atoms with Crippen LogP contribution in [0.4, 0.5) is 0 Å². The van der Waals surface area contributed by atoms with E-state index in [2.05, 4.69) is 37.9 Å². The Morgan fingerprint density at radius 2 is 1.54 bits per heavy atom. The molecule has 0 bridgehead atoms. The second kappa shape index (κ2) is 8.84. The Labute approximate surface area is 102 Å². The van der Waals surface area contributed by atoms with Crippen molar-refractivity contribution in [2.24, 2.45) is 0 Å². The van der Waals surface area contributed by atoms with Crippen molar-refractivity contribution in [3.8, 4) is 0 Å². The number of hydrogen-bond acceptors (Lipinski definition) is 0. The third-order valence-corrected chi connectivity index (χ3v) is 4.36. The summed E-state index contributed by atoms with van der Waals surface area (Å²) in [6, 6.07) is 18.4. The van der Waals surface area contributed by atoms with Gasteiger partial charge in [-0.05, 0) is 0 Å². The van der Waals surface area contributed by atoms with E-state index >= 15 is 0 Å². The average Bonchev–Trinajstić information content (AvgIpc) is 2.81. The maximum atomic E-state index is 3.01. The molecule has 0 unspecified atom stereocenters. The largest absolute Gasteiger partial charge is 0.214 e. The average molecular weight is 343 g/mol. The van der Waals surface area contributed by atoms with Crippen LogP contribution in [0.25, 0.3) is 0 Å². The first-order valence-electron chi connectivity index (χ1n) is 3.61. The van der Waals surface area contributed by atoms with Crippen LogP contribution in [0, 0.1) is 0 Å².